The van der Waals surface area contributed by atoms with Crippen molar-refractivity contribution in [2.24, 2.45) is 4.99 Å². The Hall–Kier alpha value is -1.82. The van der Waals surface area contributed by atoms with Gasteiger partial charge in [-0.15, -0.1) is 0 Å². The quantitative estimate of drug-likeness (QED) is 0.779. The minimum absolute atomic E-state index is 0.0567. The minimum atomic E-state index is -0.225. The molecule has 0 N–H and O–H groups in total. The molecule has 0 aromatic heterocycles. The monoisotopic (exact) mass is 347 g/mol. The zero-order valence-corrected chi connectivity index (χ0v) is 14.9. The lowest BCUT2D eigenvalue weighted by atomic mass is 10.1. The molecule has 24 heavy (non-hydrogen) atoms. The summed E-state index contributed by atoms with van der Waals surface area (Å²) in [6.07, 6.45) is 3.98. The summed E-state index contributed by atoms with van der Waals surface area (Å²) in [5.41, 5.74) is 1.36. The van der Waals surface area contributed by atoms with Gasteiger partial charge in [0.05, 0.1) is 10.6 Å². The van der Waals surface area contributed by atoms with Crippen LogP contribution in [0.4, 0.5) is 10.1 Å². The largest absolute Gasteiger partial charge is 0.369 e. The Morgan fingerprint density at radius 2 is 2.04 bits per heavy atom. The molecule has 2 heterocycles. The molecule has 0 saturated carbocycles. The Morgan fingerprint density at radius 3 is 2.67 bits per heavy atom. The van der Waals surface area contributed by atoms with E-state index in [9.17, 15) is 9.18 Å². The summed E-state index contributed by atoms with van der Waals surface area (Å²) in [4.78, 5) is 21.1. The Bertz CT molecular complexity index is 696. The van der Waals surface area contributed by atoms with Crippen molar-refractivity contribution in [3.05, 3.63) is 34.5 Å². The smallest absolute Gasteiger partial charge is 0.266 e. The molecular weight excluding hydrogens is 325 g/mol. The first-order valence-corrected chi connectivity index (χ1v) is 9.26. The van der Waals surface area contributed by atoms with E-state index < -0.39 is 0 Å². The molecule has 1 aromatic rings. The molecule has 0 bridgehead atoms. The van der Waals surface area contributed by atoms with Gasteiger partial charge in [-0.3, -0.25) is 14.7 Å². The molecule has 2 aliphatic heterocycles. The molecule has 2 fully saturated rings. The van der Waals surface area contributed by atoms with Gasteiger partial charge in [0, 0.05) is 26.2 Å². The number of carbonyl (C=O) groups excluding carboxylic acids is 1. The van der Waals surface area contributed by atoms with Crippen molar-refractivity contribution < 1.29 is 9.18 Å². The van der Waals surface area contributed by atoms with E-state index in [0.717, 1.165) is 31.1 Å². The Labute approximate surface area is 146 Å². The van der Waals surface area contributed by atoms with Crippen molar-refractivity contribution >= 4 is 34.6 Å². The average molecular weight is 347 g/mol. The van der Waals surface area contributed by atoms with Crippen molar-refractivity contribution in [2.45, 2.75) is 26.7 Å². The third-order valence-corrected chi connectivity index (χ3v) is 5.26. The lowest BCUT2D eigenvalue weighted by molar-refractivity contribution is -0.122. The highest BCUT2D eigenvalue weighted by Crippen LogP contribution is 2.33. The van der Waals surface area contributed by atoms with Crippen LogP contribution in [0.25, 0.3) is 6.08 Å². The highest BCUT2D eigenvalue weighted by Gasteiger charge is 2.31. The number of hydrogen-bond acceptors (Lipinski definition) is 4. The van der Waals surface area contributed by atoms with Crippen LogP contribution in [-0.2, 0) is 4.79 Å². The fraction of sp³-hybridized carbons (Fsp3) is 0.444. The van der Waals surface area contributed by atoms with Crippen LogP contribution >= 0.6 is 11.8 Å². The zero-order valence-electron chi connectivity index (χ0n) is 14.1. The number of likely N-dealkylation sites (N-methyl/N-ethyl adjacent to an activating group) is 1. The molecule has 0 spiro atoms. The molecule has 0 aliphatic carbocycles. The molecular formula is C18H22FN3OS. The fourth-order valence-corrected chi connectivity index (χ4v) is 4.12. The SMILES string of the molecule is CCN=C1S/C(=C\c2ccc(N3CCCC3)c(F)c2)C(=O)N1CC. The second-order valence-electron chi connectivity index (χ2n) is 5.82. The summed E-state index contributed by atoms with van der Waals surface area (Å²) in [5.74, 6) is -0.282. The standard InChI is InChI=1S/C18H22FN3OS/c1-3-20-18-22(4-2)17(23)16(24-18)12-13-7-8-15(14(19)11-13)21-9-5-6-10-21/h7-8,11-12H,3-6,9-10H2,1-2H3/b16-12-,20-18?. The van der Waals surface area contributed by atoms with Gasteiger partial charge >= 0.3 is 0 Å². The molecule has 2 aliphatic rings. The number of halogens is 1. The van der Waals surface area contributed by atoms with E-state index in [1.165, 1.54) is 17.8 Å². The van der Waals surface area contributed by atoms with Gasteiger partial charge in [-0.05, 0) is 62.2 Å². The number of anilines is 1. The number of rotatable bonds is 4. The molecule has 0 unspecified atom stereocenters. The van der Waals surface area contributed by atoms with Gasteiger partial charge in [0.1, 0.15) is 5.82 Å². The third-order valence-electron chi connectivity index (χ3n) is 4.21. The number of amides is 1. The summed E-state index contributed by atoms with van der Waals surface area (Å²) in [7, 11) is 0. The van der Waals surface area contributed by atoms with Gasteiger partial charge < -0.3 is 4.90 Å². The second-order valence-corrected chi connectivity index (χ2v) is 6.83. The van der Waals surface area contributed by atoms with E-state index in [1.807, 2.05) is 26.0 Å². The predicted octanol–water partition coefficient (Wildman–Crippen LogP) is 3.74. The van der Waals surface area contributed by atoms with E-state index in [4.69, 9.17) is 0 Å². The van der Waals surface area contributed by atoms with Gasteiger partial charge in [0.25, 0.3) is 5.91 Å². The van der Waals surface area contributed by atoms with Crippen molar-refractivity contribution in [1.82, 2.24) is 4.90 Å². The summed E-state index contributed by atoms with van der Waals surface area (Å²) < 4.78 is 14.4. The van der Waals surface area contributed by atoms with Crippen LogP contribution in [0, 0.1) is 5.82 Å². The van der Waals surface area contributed by atoms with Gasteiger partial charge in [-0.1, -0.05) is 6.07 Å². The summed E-state index contributed by atoms with van der Waals surface area (Å²) in [6.45, 7) is 6.92. The zero-order chi connectivity index (χ0) is 17.1. The number of aliphatic imine (C=N–C) groups is 1. The number of benzene rings is 1. The second kappa shape index (κ2) is 7.38. The molecule has 0 radical (unpaired) electrons. The molecule has 3 rings (SSSR count). The van der Waals surface area contributed by atoms with Crippen molar-refractivity contribution in [3.63, 3.8) is 0 Å². The number of hydrogen-bond donors (Lipinski definition) is 0. The van der Waals surface area contributed by atoms with E-state index >= 15 is 0 Å². The van der Waals surface area contributed by atoms with Crippen LogP contribution in [-0.4, -0.2) is 42.2 Å². The van der Waals surface area contributed by atoms with E-state index in [1.54, 1.807) is 11.0 Å². The van der Waals surface area contributed by atoms with Gasteiger partial charge in [0.2, 0.25) is 0 Å². The highest BCUT2D eigenvalue weighted by atomic mass is 32.2. The highest BCUT2D eigenvalue weighted by molar-refractivity contribution is 8.18. The average Bonchev–Trinajstić information content (AvgIpc) is 3.17. The molecule has 4 nitrogen and oxygen atoms in total. The first-order chi connectivity index (χ1) is 11.6. The fourth-order valence-electron chi connectivity index (χ4n) is 3.02. The Morgan fingerprint density at radius 1 is 1.29 bits per heavy atom. The maximum Gasteiger partial charge on any atom is 0.266 e. The van der Waals surface area contributed by atoms with Crippen molar-refractivity contribution in [3.8, 4) is 0 Å². The van der Waals surface area contributed by atoms with Gasteiger partial charge in [-0.2, -0.15) is 0 Å². The Kier molecular flexibility index (Phi) is 5.23. The van der Waals surface area contributed by atoms with E-state index in [-0.39, 0.29) is 11.7 Å². The molecule has 6 heteroatoms. The first-order valence-electron chi connectivity index (χ1n) is 8.44. The third kappa shape index (κ3) is 3.34. The summed E-state index contributed by atoms with van der Waals surface area (Å²) in [6, 6.07) is 5.21. The lowest BCUT2D eigenvalue weighted by Gasteiger charge is -2.18. The maximum absolute atomic E-state index is 14.4. The van der Waals surface area contributed by atoms with Crippen LogP contribution in [0.5, 0.6) is 0 Å². The van der Waals surface area contributed by atoms with Gasteiger partial charge in [0.15, 0.2) is 5.17 Å². The molecule has 1 aromatic carbocycles. The summed E-state index contributed by atoms with van der Waals surface area (Å²) in [5, 5.41) is 0.727. The van der Waals surface area contributed by atoms with Gasteiger partial charge in [-0.25, -0.2) is 4.39 Å². The normalized spacial score (nSPS) is 21.5. The Balaban J connectivity index is 1.84. The van der Waals surface area contributed by atoms with Crippen LogP contribution in [0.1, 0.15) is 32.3 Å². The molecule has 1 amide bonds. The predicted molar refractivity (Wildman–Crippen MR) is 98.8 cm³/mol. The first kappa shape index (κ1) is 17.0. The number of amidine groups is 1. The molecule has 0 atom stereocenters. The summed E-state index contributed by atoms with van der Waals surface area (Å²) >= 11 is 1.36. The topological polar surface area (TPSA) is 35.9 Å². The van der Waals surface area contributed by atoms with Crippen LogP contribution in [0.3, 0.4) is 0 Å². The van der Waals surface area contributed by atoms with E-state index in [0.29, 0.717) is 29.2 Å². The number of nitrogens with zero attached hydrogens (tertiary/aromatic N) is 3. The minimum Gasteiger partial charge on any atom is -0.369 e. The maximum atomic E-state index is 14.4. The van der Waals surface area contributed by atoms with Crippen molar-refractivity contribution in [2.75, 3.05) is 31.1 Å². The molecule has 2 saturated heterocycles. The van der Waals surface area contributed by atoms with Crippen LogP contribution in [0.2, 0.25) is 0 Å². The van der Waals surface area contributed by atoms with Crippen LogP contribution in [0.15, 0.2) is 28.1 Å². The number of carbonyl (C=O) groups is 1. The van der Waals surface area contributed by atoms with Crippen molar-refractivity contribution in [1.29, 1.82) is 0 Å². The lowest BCUT2D eigenvalue weighted by Crippen LogP contribution is -2.28. The van der Waals surface area contributed by atoms with E-state index in [2.05, 4.69) is 9.89 Å². The van der Waals surface area contributed by atoms with Crippen LogP contribution < -0.4 is 4.90 Å². The number of thioether (sulfide) groups is 1. The molecule has 128 valence electrons.